The zero-order valence-corrected chi connectivity index (χ0v) is 8.17. The Balaban J connectivity index is 2.54. The van der Waals surface area contributed by atoms with Crippen LogP contribution in [0.15, 0.2) is 24.3 Å². The topological polar surface area (TPSA) is 26.3 Å². The van der Waals surface area contributed by atoms with Crippen molar-refractivity contribution >= 4 is 17.6 Å². The Hall–Kier alpha value is -1.02. The van der Waals surface area contributed by atoms with Crippen LogP contribution in [-0.2, 0) is 4.79 Å². The first-order valence-corrected chi connectivity index (χ1v) is 4.56. The molecule has 0 aliphatic carbocycles. The highest BCUT2D eigenvalue weighted by Gasteiger charge is 2.01. The second-order valence-corrected chi connectivity index (χ2v) is 3.11. The second-order valence-electron chi connectivity index (χ2n) is 2.68. The van der Waals surface area contributed by atoms with Crippen molar-refractivity contribution in [2.24, 2.45) is 0 Å². The minimum absolute atomic E-state index is 0.204. The molecular formula is C10H11ClO2. The molecule has 0 aromatic heterocycles. The molecule has 0 saturated heterocycles. The maximum absolute atomic E-state index is 11.0. The average Bonchev–Trinajstić information content (AvgIpc) is 2.09. The van der Waals surface area contributed by atoms with Crippen molar-refractivity contribution in [3.8, 4) is 5.75 Å². The second kappa shape index (κ2) is 4.87. The third-order valence-corrected chi connectivity index (χ3v) is 1.75. The van der Waals surface area contributed by atoms with E-state index in [1.54, 1.807) is 24.3 Å². The van der Waals surface area contributed by atoms with Crippen molar-refractivity contribution in [1.82, 2.24) is 0 Å². The van der Waals surface area contributed by atoms with Crippen LogP contribution >= 0.6 is 11.6 Å². The maximum Gasteiger partial charge on any atom is 0.311 e. The highest BCUT2D eigenvalue weighted by Crippen LogP contribution is 2.15. The van der Waals surface area contributed by atoms with E-state index in [0.717, 1.165) is 6.42 Å². The number of hydrogen-bond donors (Lipinski definition) is 0. The van der Waals surface area contributed by atoms with Crippen molar-refractivity contribution in [3.63, 3.8) is 0 Å². The van der Waals surface area contributed by atoms with Gasteiger partial charge in [-0.05, 0) is 30.7 Å². The van der Waals surface area contributed by atoms with Gasteiger partial charge in [0.2, 0.25) is 0 Å². The third kappa shape index (κ3) is 3.47. The average molecular weight is 199 g/mol. The molecular weight excluding hydrogens is 188 g/mol. The number of benzene rings is 1. The molecule has 0 radical (unpaired) electrons. The van der Waals surface area contributed by atoms with Crippen molar-refractivity contribution in [2.45, 2.75) is 19.8 Å². The van der Waals surface area contributed by atoms with Gasteiger partial charge in [0.25, 0.3) is 0 Å². The fourth-order valence-corrected chi connectivity index (χ4v) is 1.02. The summed E-state index contributed by atoms with van der Waals surface area (Å²) >= 11 is 5.67. The minimum Gasteiger partial charge on any atom is -0.427 e. The Morgan fingerprint density at radius 2 is 2.00 bits per heavy atom. The summed E-state index contributed by atoms with van der Waals surface area (Å²) in [6, 6.07) is 6.73. The van der Waals surface area contributed by atoms with Crippen LogP contribution in [0.25, 0.3) is 0 Å². The minimum atomic E-state index is -0.204. The molecule has 0 N–H and O–H groups in total. The standard InChI is InChI=1S/C10H11ClO2/c1-2-3-10(12)13-9-6-4-8(11)5-7-9/h4-7H,2-3H2,1H3. The molecule has 70 valence electrons. The molecule has 3 heteroatoms. The van der Waals surface area contributed by atoms with E-state index in [9.17, 15) is 4.79 Å². The number of ether oxygens (including phenoxy) is 1. The Morgan fingerprint density at radius 3 is 2.54 bits per heavy atom. The summed E-state index contributed by atoms with van der Waals surface area (Å²) in [6.07, 6.45) is 1.25. The van der Waals surface area contributed by atoms with Crippen LogP contribution in [0.5, 0.6) is 5.75 Å². The van der Waals surface area contributed by atoms with E-state index in [2.05, 4.69) is 0 Å². The predicted octanol–water partition coefficient (Wildman–Crippen LogP) is 3.05. The number of halogens is 1. The number of rotatable bonds is 3. The van der Waals surface area contributed by atoms with E-state index >= 15 is 0 Å². The molecule has 0 heterocycles. The van der Waals surface area contributed by atoms with E-state index in [1.807, 2.05) is 6.92 Å². The normalized spacial score (nSPS) is 9.69. The third-order valence-electron chi connectivity index (χ3n) is 1.50. The van der Waals surface area contributed by atoms with Crippen LogP contribution in [0.1, 0.15) is 19.8 Å². The van der Waals surface area contributed by atoms with Gasteiger partial charge in [0.1, 0.15) is 5.75 Å². The Morgan fingerprint density at radius 1 is 1.38 bits per heavy atom. The summed E-state index contributed by atoms with van der Waals surface area (Å²) in [6.45, 7) is 1.93. The summed E-state index contributed by atoms with van der Waals surface area (Å²) in [5, 5.41) is 0.635. The smallest absolute Gasteiger partial charge is 0.311 e. The zero-order valence-electron chi connectivity index (χ0n) is 7.42. The lowest BCUT2D eigenvalue weighted by Crippen LogP contribution is -2.06. The molecule has 13 heavy (non-hydrogen) atoms. The fraction of sp³-hybridized carbons (Fsp3) is 0.300. The molecule has 0 amide bonds. The van der Waals surface area contributed by atoms with Gasteiger partial charge >= 0.3 is 5.97 Å². The molecule has 0 fully saturated rings. The maximum atomic E-state index is 11.0. The van der Waals surface area contributed by atoms with Gasteiger partial charge in [-0.25, -0.2) is 0 Å². The van der Waals surface area contributed by atoms with Crippen LogP contribution in [0.2, 0.25) is 5.02 Å². The van der Waals surface area contributed by atoms with Crippen molar-refractivity contribution in [2.75, 3.05) is 0 Å². The highest BCUT2D eigenvalue weighted by atomic mass is 35.5. The quantitative estimate of drug-likeness (QED) is 0.551. The molecule has 1 rings (SSSR count). The van der Waals surface area contributed by atoms with Crippen LogP contribution in [0.4, 0.5) is 0 Å². The molecule has 0 bridgehead atoms. The van der Waals surface area contributed by atoms with Crippen LogP contribution < -0.4 is 4.74 Å². The van der Waals surface area contributed by atoms with Gasteiger partial charge in [0, 0.05) is 11.4 Å². The van der Waals surface area contributed by atoms with Crippen molar-refractivity contribution in [1.29, 1.82) is 0 Å². The van der Waals surface area contributed by atoms with Crippen molar-refractivity contribution < 1.29 is 9.53 Å². The lowest BCUT2D eigenvalue weighted by Gasteiger charge is -2.02. The molecule has 0 aliphatic rings. The van der Waals surface area contributed by atoms with Gasteiger partial charge in [-0.3, -0.25) is 4.79 Å². The van der Waals surface area contributed by atoms with E-state index in [4.69, 9.17) is 16.3 Å². The SMILES string of the molecule is CCCC(=O)Oc1ccc(Cl)cc1. The molecule has 1 aromatic rings. The van der Waals surface area contributed by atoms with E-state index in [0.29, 0.717) is 17.2 Å². The summed E-state index contributed by atoms with van der Waals surface area (Å²) < 4.78 is 5.01. The van der Waals surface area contributed by atoms with Gasteiger partial charge < -0.3 is 4.74 Å². The first kappa shape index (κ1) is 10.1. The van der Waals surface area contributed by atoms with Crippen LogP contribution in [0.3, 0.4) is 0 Å². The fourth-order valence-electron chi connectivity index (χ4n) is 0.889. The molecule has 0 spiro atoms. The Labute approximate surface area is 82.5 Å². The number of esters is 1. The van der Waals surface area contributed by atoms with Gasteiger partial charge in [-0.15, -0.1) is 0 Å². The van der Waals surface area contributed by atoms with Gasteiger partial charge in [-0.1, -0.05) is 18.5 Å². The molecule has 0 saturated carbocycles. The van der Waals surface area contributed by atoms with E-state index < -0.39 is 0 Å². The summed E-state index contributed by atoms with van der Waals surface area (Å²) in [4.78, 5) is 11.0. The lowest BCUT2D eigenvalue weighted by molar-refractivity contribution is -0.134. The van der Waals surface area contributed by atoms with Crippen LogP contribution in [0, 0.1) is 0 Å². The van der Waals surface area contributed by atoms with E-state index in [1.165, 1.54) is 0 Å². The summed E-state index contributed by atoms with van der Waals surface area (Å²) in [5.74, 6) is 0.340. The van der Waals surface area contributed by atoms with Gasteiger partial charge in [-0.2, -0.15) is 0 Å². The van der Waals surface area contributed by atoms with Crippen LogP contribution in [-0.4, -0.2) is 5.97 Å². The number of hydrogen-bond acceptors (Lipinski definition) is 2. The van der Waals surface area contributed by atoms with E-state index in [-0.39, 0.29) is 5.97 Å². The highest BCUT2D eigenvalue weighted by molar-refractivity contribution is 6.30. The number of carbonyl (C=O) groups excluding carboxylic acids is 1. The first-order valence-electron chi connectivity index (χ1n) is 4.18. The van der Waals surface area contributed by atoms with Crippen molar-refractivity contribution in [3.05, 3.63) is 29.3 Å². The Bertz CT molecular complexity index is 279. The molecule has 2 nitrogen and oxygen atoms in total. The largest absolute Gasteiger partial charge is 0.427 e. The van der Waals surface area contributed by atoms with Gasteiger partial charge in [0.15, 0.2) is 0 Å². The molecule has 0 unspecified atom stereocenters. The monoisotopic (exact) mass is 198 g/mol. The Kier molecular flexibility index (Phi) is 3.77. The summed E-state index contributed by atoms with van der Waals surface area (Å²) in [5.41, 5.74) is 0. The van der Waals surface area contributed by atoms with Gasteiger partial charge in [0.05, 0.1) is 0 Å². The zero-order chi connectivity index (χ0) is 9.68. The molecule has 1 aromatic carbocycles. The number of carbonyl (C=O) groups is 1. The molecule has 0 aliphatic heterocycles. The molecule has 0 atom stereocenters. The first-order chi connectivity index (χ1) is 6.22. The lowest BCUT2D eigenvalue weighted by atomic mass is 10.3. The summed E-state index contributed by atoms with van der Waals surface area (Å²) in [7, 11) is 0. The predicted molar refractivity (Wildman–Crippen MR) is 52.0 cm³/mol.